The monoisotopic (exact) mass is 273 g/mol. The zero-order valence-corrected chi connectivity index (χ0v) is 12.6. The maximum Gasteiger partial charge on any atom is 0.128 e. The summed E-state index contributed by atoms with van der Waals surface area (Å²) in [5.41, 5.74) is 11.5. The number of benzene rings is 1. The summed E-state index contributed by atoms with van der Waals surface area (Å²) in [4.78, 5) is 1.22. The molecule has 0 saturated heterocycles. The average molecular weight is 273 g/mol. The smallest absolute Gasteiger partial charge is 0.128 e. The lowest BCUT2D eigenvalue weighted by molar-refractivity contribution is 0.824. The number of rotatable bonds is 3. The highest BCUT2D eigenvalue weighted by molar-refractivity contribution is 7.99. The van der Waals surface area contributed by atoms with E-state index in [9.17, 15) is 0 Å². The van der Waals surface area contributed by atoms with E-state index in [2.05, 4.69) is 49.2 Å². The van der Waals surface area contributed by atoms with Crippen LogP contribution in [0.25, 0.3) is 0 Å². The molecule has 1 aromatic heterocycles. The summed E-state index contributed by atoms with van der Waals surface area (Å²) in [7, 11) is 0. The summed E-state index contributed by atoms with van der Waals surface area (Å²) in [6.45, 7) is 8.72. The van der Waals surface area contributed by atoms with Crippen LogP contribution in [-0.2, 0) is 6.54 Å². The van der Waals surface area contributed by atoms with E-state index in [0.717, 1.165) is 21.8 Å². The van der Waals surface area contributed by atoms with Crippen molar-refractivity contribution in [1.82, 2.24) is 10.2 Å². The average Bonchev–Trinajstić information content (AvgIpc) is 2.38. The van der Waals surface area contributed by atoms with Crippen LogP contribution in [0.5, 0.6) is 0 Å². The van der Waals surface area contributed by atoms with Crippen LogP contribution < -0.4 is 5.73 Å². The Morgan fingerprint density at radius 3 is 2.53 bits per heavy atom. The third-order valence-electron chi connectivity index (χ3n) is 3.30. The van der Waals surface area contributed by atoms with Crippen LogP contribution >= 0.6 is 11.8 Å². The lowest BCUT2D eigenvalue weighted by Crippen LogP contribution is -2.07. The Morgan fingerprint density at radius 2 is 1.84 bits per heavy atom. The third kappa shape index (κ3) is 2.96. The van der Waals surface area contributed by atoms with Crippen molar-refractivity contribution >= 4 is 11.8 Å². The maximum absolute atomic E-state index is 5.86. The summed E-state index contributed by atoms with van der Waals surface area (Å²) >= 11 is 1.65. The molecule has 2 rings (SSSR count). The summed E-state index contributed by atoms with van der Waals surface area (Å²) in [6.07, 6.45) is 0. The fourth-order valence-corrected chi connectivity index (χ4v) is 3.00. The molecule has 0 saturated carbocycles. The van der Waals surface area contributed by atoms with Crippen LogP contribution in [0.1, 0.15) is 27.9 Å². The van der Waals surface area contributed by atoms with Gasteiger partial charge in [0.2, 0.25) is 0 Å². The minimum absolute atomic E-state index is 0.495. The van der Waals surface area contributed by atoms with E-state index in [1.165, 1.54) is 16.0 Å². The Kier molecular flexibility index (Phi) is 4.22. The van der Waals surface area contributed by atoms with Crippen molar-refractivity contribution in [3.63, 3.8) is 0 Å². The zero-order chi connectivity index (χ0) is 14.0. The summed E-state index contributed by atoms with van der Waals surface area (Å²) < 4.78 is 0. The number of hydrogen-bond acceptors (Lipinski definition) is 4. The van der Waals surface area contributed by atoms with Crippen molar-refractivity contribution in [3.8, 4) is 0 Å². The number of nitrogens with two attached hydrogens (primary N) is 1. The van der Waals surface area contributed by atoms with Gasteiger partial charge in [-0.15, -0.1) is 5.10 Å². The van der Waals surface area contributed by atoms with Gasteiger partial charge in [-0.05, 0) is 50.5 Å². The number of aryl methyl sites for hydroxylation is 3. The van der Waals surface area contributed by atoms with Crippen molar-refractivity contribution in [2.75, 3.05) is 0 Å². The maximum atomic E-state index is 5.86. The van der Waals surface area contributed by atoms with Crippen LogP contribution in [0.2, 0.25) is 0 Å². The molecular weight excluding hydrogens is 254 g/mol. The fraction of sp³-hybridized carbons (Fsp3) is 0.333. The SMILES string of the molecule is Cc1ccc(C)c(Sc2nnc(C)c(C)c2CN)c1. The number of hydrogen-bond donors (Lipinski definition) is 1. The summed E-state index contributed by atoms with van der Waals surface area (Å²) in [6, 6.07) is 6.43. The predicted molar refractivity (Wildman–Crippen MR) is 79.4 cm³/mol. The highest BCUT2D eigenvalue weighted by Crippen LogP contribution is 2.32. The molecule has 2 aromatic rings. The van der Waals surface area contributed by atoms with E-state index < -0.39 is 0 Å². The van der Waals surface area contributed by atoms with Gasteiger partial charge in [-0.2, -0.15) is 5.10 Å². The quantitative estimate of drug-likeness (QED) is 0.932. The van der Waals surface area contributed by atoms with E-state index in [1.807, 2.05) is 6.92 Å². The molecule has 0 aliphatic heterocycles. The first kappa shape index (κ1) is 14.0. The van der Waals surface area contributed by atoms with Gasteiger partial charge in [-0.1, -0.05) is 23.9 Å². The highest BCUT2D eigenvalue weighted by atomic mass is 32.2. The van der Waals surface area contributed by atoms with Crippen LogP contribution in [0, 0.1) is 27.7 Å². The molecular formula is C15H19N3S. The third-order valence-corrected chi connectivity index (χ3v) is 4.48. The van der Waals surface area contributed by atoms with Gasteiger partial charge in [0.15, 0.2) is 0 Å². The minimum atomic E-state index is 0.495. The van der Waals surface area contributed by atoms with Crippen molar-refractivity contribution in [1.29, 1.82) is 0 Å². The van der Waals surface area contributed by atoms with E-state index in [1.54, 1.807) is 11.8 Å². The molecule has 1 heterocycles. The van der Waals surface area contributed by atoms with E-state index in [0.29, 0.717) is 6.54 Å². The van der Waals surface area contributed by atoms with Gasteiger partial charge in [-0.3, -0.25) is 0 Å². The van der Waals surface area contributed by atoms with Gasteiger partial charge in [-0.25, -0.2) is 0 Å². The molecule has 0 aliphatic carbocycles. The van der Waals surface area contributed by atoms with Crippen molar-refractivity contribution < 1.29 is 0 Å². The van der Waals surface area contributed by atoms with Crippen molar-refractivity contribution in [2.45, 2.75) is 44.2 Å². The molecule has 2 N–H and O–H groups in total. The first-order valence-electron chi connectivity index (χ1n) is 6.31. The van der Waals surface area contributed by atoms with E-state index in [-0.39, 0.29) is 0 Å². The molecule has 3 nitrogen and oxygen atoms in total. The molecule has 0 bridgehead atoms. The molecule has 1 aromatic carbocycles. The zero-order valence-electron chi connectivity index (χ0n) is 11.8. The molecule has 0 radical (unpaired) electrons. The predicted octanol–water partition coefficient (Wildman–Crippen LogP) is 3.32. The number of aromatic nitrogens is 2. The van der Waals surface area contributed by atoms with E-state index in [4.69, 9.17) is 5.73 Å². The van der Waals surface area contributed by atoms with Gasteiger partial charge in [0.1, 0.15) is 5.03 Å². The topological polar surface area (TPSA) is 51.8 Å². The molecule has 0 amide bonds. The van der Waals surface area contributed by atoms with Gasteiger partial charge < -0.3 is 5.73 Å². The van der Waals surface area contributed by atoms with Gasteiger partial charge >= 0.3 is 0 Å². The minimum Gasteiger partial charge on any atom is -0.326 e. The summed E-state index contributed by atoms with van der Waals surface area (Å²) in [5.74, 6) is 0. The van der Waals surface area contributed by atoms with Crippen molar-refractivity contribution in [2.24, 2.45) is 5.73 Å². The van der Waals surface area contributed by atoms with Gasteiger partial charge in [0, 0.05) is 17.0 Å². The Morgan fingerprint density at radius 1 is 1.11 bits per heavy atom. The Bertz CT molecular complexity index is 609. The second kappa shape index (κ2) is 5.72. The second-order valence-electron chi connectivity index (χ2n) is 4.77. The van der Waals surface area contributed by atoms with Crippen LogP contribution in [-0.4, -0.2) is 10.2 Å². The van der Waals surface area contributed by atoms with Gasteiger partial charge in [0.25, 0.3) is 0 Å². The Hall–Kier alpha value is -1.39. The first-order valence-corrected chi connectivity index (χ1v) is 7.12. The standard InChI is InChI=1S/C15H19N3S/c1-9-5-6-10(2)14(7-9)19-15-13(8-16)11(3)12(4)17-18-15/h5-7H,8,16H2,1-4H3. The molecule has 4 heteroatoms. The normalized spacial score (nSPS) is 10.8. The molecule has 0 unspecified atom stereocenters. The fourth-order valence-electron chi connectivity index (χ4n) is 1.88. The molecule has 0 atom stereocenters. The Balaban J connectivity index is 2.43. The van der Waals surface area contributed by atoms with Crippen LogP contribution in [0.15, 0.2) is 28.1 Å². The highest BCUT2D eigenvalue weighted by Gasteiger charge is 2.12. The van der Waals surface area contributed by atoms with E-state index >= 15 is 0 Å². The second-order valence-corrected chi connectivity index (χ2v) is 5.80. The van der Waals surface area contributed by atoms with Crippen LogP contribution in [0.3, 0.4) is 0 Å². The molecule has 0 aliphatic rings. The molecule has 19 heavy (non-hydrogen) atoms. The lowest BCUT2D eigenvalue weighted by Gasteiger charge is -2.12. The van der Waals surface area contributed by atoms with Gasteiger partial charge in [0.05, 0.1) is 5.69 Å². The lowest BCUT2D eigenvalue weighted by atomic mass is 10.1. The first-order chi connectivity index (χ1) is 9.02. The van der Waals surface area contributed by atoms with Crippen molar-refractivity contribution in [3.05, 3.63) is 46.1 Å². The molecule has 0 fully saturated rings. The molecule has 0 spiro atoms. The van der Waals surface area contributed by atoms with Crippen LogP contribution in [0.4, 0.5) is 0 Å². The largest absolute Gasteiger partial charge is 0.326 e. The molecule has 100 valence electrons. The number of nitrogens with zero attached hydrogens (tertiary/aromatic N) is 2. The Labute approximate surface area is 118 Å². The summed E-state index contributed by atoms with van der Waals surface area (Å²) in [5, 5.41) is 9.43.